The molecule has 0 bridgehead atoms. The van der Waals surface area contributed by atoms with Gasteiger partial charge < -0.3 is 15.6 Å². The molecule has 2 aromatic rings. The van der Waals surface area contributed by atoms with Crippen LogP contribution in [0, 0.1) is 5.92 Å². The van der Waals surface area contributed by atoms with Crippen molar-refractivity contribution < 1.29 is 9.84 Å². The minimum Gasteiger partial charge on any atom is -0.494 e. The first-order chi connectivity index (χ1) is 9.72. The zero-order valence-corrected chi connectivity index (χ0v) is 13.0. The smallest absolute Gasteiger partial charge is 0.124 e. The van der Waals surface area contributed by atoms with Crippen molar-refractivity contribution in [1.29, 1.82) is 0 Å². The fourth-order valence-electron chi connectivity index (χ4n) is 2.80. The van der Waals surface area contributed by atoms with Crippen molar-refractivity contribution in [3.63, 3.8) is 0 Å². The third kappa shape index (κ3) is 3.15. The molecule has 0 heterocycles. The average Bonchev–Trinajstić information content (AvgIpc) is 3.30. The first-order valence-electron chi connectivity index (χ1n) is 7.30. The Hall–Kier alpha value is -1.29. The van der Waals surface area contributed by atoms with Gasteiger partial charge in [0.2, 0.25) is 0 Å². The molecule has 3 N–H and O–H groups in total. The lowest BCUT2D eigenvalue weighted by molar-refractivity contribution is 0.121. The molecule has 3 rings (SSSR count). The number of aliphatic hydroxyl groups is 1. The first-order valence-corrected chi connectivity index (χ1v) is 7.30. The number of hydrogen-bond acceptors (Lipinski definition) is 3. The van der Waals surface area contributed by atoms with Gasteiger partial charge in [0.25, 0.3) is 0 Å². The molecule has 1 saturated carbocycles. The first kappa shape index (κ1) is 16.1. The molecule has 3 nitrogen and oxygen atoms in total. The SMILES string of the molecule is CCOc1ccc2ccccc2c1[C@@H](N)[C@@H](O)C1CC1.Cl. The van der Waals surface area contributed by atoms with Crippen LogP contribution in [0.3, 0.4) is 0 Å². The van der Waals surface area contributed by atoms with Crippen LogP contribution in [0.15, 0.2) is 36.4 Å². The topological polar surface area (TPSA) is 55.5 Å². The van der Waals surface area contributed by atoms with Gasteiger partial charge in [-0.2, -0.15) is 0 Å². The highest BCUT2D eigenvalue weighted by molar-refractivity contribution is 5.88. The molecule has 1 fully saturated rings. The number of fused-ring (bicyclic) bond motifs is 1. The largest absolute Gasteiger partial charge is 0.494 e. The highest BCUT2D eigenvalue weighted by Gasteiger charge is 2.35. The highest BCUT2D eigenvalue weighted by Crippen LogP contribution is 2.41. The lowest BCUT2D eigenvalue weighted by Crippen LogP contribution is -2.28. The second kappa shape index (κ2) is 6.65. The zero-order chi connectivity index (χ0) is 14.1. The maximum absolute atomic E-state index is 10.4. The Morgan fingerprint density at radius 1 is 1.24 bits per heavy atom. The van der Waals surface area contributed by atoms with E-state index in [-0.39, 0.29) is 12.4 Å². The zero-order valence-electron chi connectivity index (χ0n) is 12.2. The van der Waals surface area contributed by atoms with Gasteiger partial charge in [0.05, 0.1) is 18.8 Å². The molecule has 0 radical (unpaired) electrons. The summed E-state index contributed by atoms with van der Waals surface area (Å²) in [5.74, 6) is 1.14. The van der Waals surface area contributed by atoms with Crippen LogP contribution in [0.25, 0.3) is 10.8 Å². The van der Waals surface area contributed by atoms with Crippen LogP contribution in [0.5, 0.6) is 5.75 Å². The predicted octanol–water partition coefficient (Wildman–Crippen LogP) is 3.43. The van der Waals surface area contributed by atoms with E-state index >= 15 is 0 Å². The third-order valence-corrected chi connectivity index (χ3v) is 4.04. The van der Waals surface area contributed by atoms with Crippen molar-refractivity contribution in [2.75, 3.05) is 6.61 Å². The van der Waals surface area contributed by atoms with Crippen LogP contribution in [0.1, 0.15) is 31.4 Å². The van der Waals surface area contributed by atoms with Gasteiger partial charge in [-0.3, -0.25) is 0 Å². The normalized spacial score (nSPS) is 17.1. The van der Waals surface area contributed by atoms with Gasteiger partial charge in [0.15, 0.2) is 0 Å². The molecule has 4 heteroatoms. The molecule has 0 spiro atoms. The number of hydrogen-bond donors (Lipinski definition) is 2. The minimum atomic E-state index is -0.486. The molecule has 0 amide bonds. The minimum absolute atomic E-state index is 0. The van der Waals surface area contributed by atoms with E-state index in [1.165, 1.54) is 0 Å². The number of halogens is 1. The van der Waals surface area contributed by atoms with Crippen LogP contribution >= 0.6 is 12.4 Å². The molecular weight excluding hydrogens is 286 g/mol. The summed E-state index contributed by atoms with van der Waals surface area (Å²) >= 11 is 0. The average molecular weight is 308 g/mol. The summed E-state index contributed by atoms with van der Waals surface area (Å²) in [6, 6.07) is 11.7. The van der Waals surface area contributed by atoms with Gasteiger partial charge >= 0.3 is 0 Å². The van der Waals surface area contributed by atoms with Gasteiger partial charge in [-0.1, -0.05) is 30.3 Å². The van der Waals surface area contributed by atoms with Gasteiger partial charge in [-0.15, -0.1) is 12.4 Å². The van der Waals surface area contributed by atoms with Crippen LogP contribution in [-0.2, 0) is 0 Å². The van der Waals surface area contributed by atoms with E-state index in [2.05, 4.69) is 6.07 Å². The van der Waals surface area contributed by atoms with Crippen LogP contribution < -0.4 is 10.5 Å². The van der Waals surface area contributed by atoms with Crippen LogP contribution in [-0.4, -0.2) is 17.8 Å². The maximum Gasteiger partial charge on any atom is 0.124 e. The molecule has 0 aromatic heterocycles. The fraction of sp³-hybridized carbons (Fsp3) is 0.412. The summed E-state index contributed by atoms with van der Waals surface area (Å²) in [7, 11) is 0. The second-order valence-electron chi connectivity index (χ2n) is 5.49. The lowest BCUT2D eigenvalue weighted by atomic mass is 9.93. The molecule has 21 heavy (non-hydrogen) atoms. The quantitative estimate of drug-likeness (QED) is 0.890. The van der Waals surface area contributed by atoms with Crippen molar-refractivity contribution >= 4 is 23.2 Å². The molecule has 114 valence electrons. The summed E-state index contributed by atoms with van der Waals surface area (Å²) in [4.78, 5) is 0. The molecule has 2 atom stereocenters. The van der Waals surface area contributed by atoms with E-state index in [1.807, 2.05) is 37.3 Å². The van der Waals surface area contributed by atoms with Crippen molar-refractivity contribution in [2.24, 2.45) is 11.7 Å². The molecule has 0 aliphatic heterocycles. The predicted molar refractivity (Wildman–Crippen MR) is 88.0 cm³/mol. The molecule has 0 saturated heterocycles. The van der Waals surface area contributed by atoms with E-state index in [0.29, 0.717) is 12.5 Å². The van der Waals surface area contributed by atoms with Crippen LogP contribution in [0.2, 0.25) is 0 Å². The van der Waals surface area contributed by atoms with Crippen molar-refractivity contribution in [1.82, 2.24) is 0 Å². The highest BCUT2D eigenvalue weighted by atomic mass is 35.5. The maximum atomic E-state index is 10.4. The Morgan fingerprint density at radius 3 is 2.62 bits per heavy atom. The monoisotopic (exact) mass is 307 g/mol. The summed E-state index contributed by atoms with van der Waals surface area (Å²) in [6.07, 6.45) is 1.66. The Kier molecular flexibility index (Phi) is 5.09. The van der Waals surface area contributed by atoms with Crippen molar-refractivity contribution in [3.8, 4) is 5.75 Å². The Morgan fingerprint density at radius 2 is 1.95 bits per heavy atom. The molecule has 0 unspecified atom stereocenters. The third-order valence-electron chi connectivity index (χ3n) is 4.04. The van der Waals surface area contributed by atoms with Crippen LogP contribution in [0.4, 0.5) is 0 Å². The molecule has 2 aromatic carbocycles. The Balaban J connectivity index is 0.00000161. The fourth-order valence-corrected chi connectivity index (χ4v) is 2.80. The van der Waals surface area contributed by atoms with E-state index in [9.17, 15) is 5.11 Å². The standard InChI is InChI=1S/C17H21NO2.ClH/c1-2-20-14-10-9-11-5-3-4-6-13(11)15(14)16(18)17(19)12-7-8-12;/h3-6,9-10,12,16-17,19H,2,7-8,18H2,1H3;1H/t16-,17+;/m1./s1. The summed E-state index contributed by atoms with van der Waals surface area (Å²) in [5.41, 5.74) is 7.28. The van der Waals surface area contributed by atoms with Gasteiger partial charge in [-0.25, -0.2) is 0 Å². The molecular formula is C17H22ClNO2. The van der Waals surface area contributed by atoms with Crippen molar-refractivity contribution in [2.45, 2.75) is 31.9 Å². The van der Waals surface area contributed by atoms with Gasteiger partial charge in [0, 0.05) is 5.56 Å². The summed E-state index contributed by atoms with van der Waals surface area (Å²) < 4.78 is 5.73. The van der Waals surface area contributed by atoms with E-state index in [0.717, 1.165) is 34.9 Å². The van der Waals surface area contributed by atoms with Gasteiger partial charge in [0.1, 0.15) is 5.75 Å². The number of benzene rings is 2. The van der Waals surface area contributed by atoms with E-state index < -0.39 is 12.1 Å². The summed E-state index contributed by atoms with van der Waals surface area (Å²) in [6.45, 7) is 2.55. The second-order valence-corrected chi connectivity index (χ2v) is 5.49. The van der Waals surface area contributed by atoms with Gasteiger partial charge in [-0.05, 0) is 42.5 Å². The van der Waals surface area contributed by atoms with E-state index in [4.69, 9.17) is 10.5 Å². The Bertz CT molecular complexity index is 613. The number of aliphatic hydroxyl groups excluding tert-OH is 1. The number of ether oxygens (including phenoxy) is 1. The number of rotatable bonds is 5. The lowest BCUT2D eigenvalue weighted by Gasteiger charge is -2.23. The van der Waals surface area contributed by atoms with Crippen molar-refractivity contribution in [3.05, 3.63) is 42.0 Å². The van der Waals surface area contributed by atoms with E-state index in [1.54, 1.807) is 0 Å². The Labute approximate surface area is 131 Å². The number of nitrogens with two attached hydrogens (primary N) is 1. The molecule has 1 aliphatic carbocycles. The summed E-state index contributed by atoms with van der Waals surface area (Å²) in [5, 5.41) is 12.6. The molecule has 1 aliphatic rings.